The van der Waals surface area contributed by atoms with Crippen molar-refractivity contribution >= 4 is 40.4 Å². The molecule has 11 heteroatoms. The van der Waals surface area contributed by atoms with Gasteiger partial charge in [-0.3, -0.25) is 23.9 Å². The van der Waals surface area contributed by atoms with Crippen molar-refractivity contribution in [2.75, 3.05) is 25.2 Å². The Bertz CT molecular complexity index is 1750. The third-order valence-electron chi connectivity index (χ3n) is 6.45. The van der Waals surface area contributed by atoms with Gasteiger partial charge in [-0.05, 0) is 30.7 Å². The van der Waals surface area contributed by atoms with Crippen LogP contribution in [0, 0.1) is 0 Å². The Hall–Kier alpha value is -4.77. The van der Waals surface area contributed by atoms with Crippen LogP contribution < -0.4 is 30.3 Å². The number of hydrogen-bond acceptors (Lipinski definition) is 8. The summed E-state index contributed by atoms with van der Waals surface area (Å²) >= 11 is 1.04. The predicted octanol–water partition coefficient (Wildman–Crippen LogP) is 1.18. The first-order chi connectivity index (χ1) is 18.8. The molecule has 0 fully saturated rings. The number of anilines is 1. The molecule has 2 N–H and O–H groups in total. The summed E-state index contributed by atoms with van der Waals surface area (Å²) in [6, 6.07) is 13.0. The third-order valence-corrected chi connectivity index (χ3v) is 7.50. The summed E-state index contributed by atoms with van der Waals surface area (Å²) < 4.78 is 12.2. The molecule has 0 saturated heterocycles. The molecule has 3 heterocycles. The second-order valence-corrected chi connectivity index (χ2v) is 9.79. The number of primary amides is 1. The fourth-order valence-corrected chi connectivity index (χ4v) is 5.90. The number of rotatable bonds is 7. The smallest absolute Gasteiger partial charge is 0.338 e. The van der Waals surface area contributed by atoms with Crippen molar-refractivity contribution in [2.45, 2.75) is 13.0 Å². The lowest BCUT2D eigenvalue weighted by atomic mass is 9.96. The molecule has 39 heavy (non-hydrogen) atoms. The normalized spacial score (nSPS) is 17.3. The lowest BCUT2D eigenvalue weighted by Crippen LogP contribution is -2.41. The number of ether oxygens (including phenoxy) is 2. The van der Waals surface area contributed by atoms with Crippen LogP contribution in [0.25, 0.3) is 5.57 Å². The number of allylic oxidation sites excluding steroid dienone is 1. The highest BCUT2D eigenvalue weighted by Gasteiger charge is 2.37. The van der Waals surface area contributed by atoms with Gasteiger partial charge in [0.15, 0.2) is 4.80 Å². The molecule has 0 bridgehead atoms. The van der Waals surface area contributed by atoms with E-state index in [0.717, 1.165) is 11.3 Å². The average molecular weight is 545 g/mol. The topological polar surface area (TPSA) is 133 Å². The van der Waals surface area contributed by atoms with E-state index in [1.165, 1.54) is 15.5 Å². The third kappa shape index (κ3) is 4.36. The van der Waals surface area contributed by atoms with Crippen LogP contribution in [0.4, 0.5) is 5.69 Å². The van der Waals surface area contributed by atoms with Crippen LogP contribution in [0.15, 0.2) is 82.2 Å². The van der Waals surface area contributed by atoms with E-state index in [9.17, 15) is 19.2 Å². The number of carbonyl (C=O) groups excluding carboxylic acids is 3. The summed E-state index contributed by atoms with van der Waals surface area (Å²) in [5, 5.41) is 0. The van der Waals surface area contributed by atoms with Crippen LogP contribution in [0.1, 0.15) is 24.1 Å². The van der Waals surface area contributed by atoms with Gasteiger partial charge in [-0.1, -0.05) is 54.3 Å². The van der Waals surface area contributed by atoms with Crippen LogP contribution in [0.2, 0.25) is 0 Å². The molecule has 2 aliphatic heterocycles. The number of esters is 1. The molecule has 2 aliphatic rings. The van der Waals surface area contributed by atoms with E-state index in [0.29, 0.717) is 33.1 Å². The van der Waals surface area contributed by atoms with Crippen LogP contribution in [-0.4, -0.2) is 42.6 Å². The van der Waals surface area contributed by atoms with Crippen LogP contribution in [0.5, 0.6) is 5.75 Å². The molecule has 3 aromatic rings. The number of fused-ring (bicyclic) bond motifs is 2. The van der Waals surface area contributed by atoms with E-state index < -0.39 is 29.4 Å². The fourth-order valence-electron chi connectivity index (χ4n) is 4.76. The summed E-state index contributed by atoms with van der Waals surface area (Å²) in [5.41, 5.74) is 7.25. The number of thiazole rings is 1. The molecule has 1 aromatic heterocycles. The van der Waals surface area contributed by atoms with Gasteiger partial charge >= 0.3 is 5.97 Å². The van der Waals surface area contributed by atoms with E-state index in [1.54, 1.807) is 62.6 Å². The molecule has 0 spiro atoms. The van der Waals surface area contributed by atoms with Gasteiger partial charge in [0.05, 0.1) is 35.7 Å². The molecule has 0 aliphatic carbocycles. The molecule has 0 saturated carbocycles. The highest BCUT2D eigenvalue weighted by atomic mass is 32.1. The monoisotopic (exact) mass is 544 g/mol. The molecule has 2 amide bonds. The van der Waals surface area contributed by atoms with Crippen LogP contribution in [-0.2, 0) is 19.1 Å². The van der Waals surface area contributed by atoms with Crippen molar-refractivity contribution in [3.63, 3.8) is 0 Å². The largest absolute Gasteiger partial charge is 0.497 e. The number of hydrogen-bond donors (Lipinski definition) is 1. The van der Waals surface area contributed by atoms with Gasteiger partial charge in [-0.25, -0.2) is 9.79 Å². The van der Waals surface area contributed by atoms with Gasteiger partial charge in [0.2, 0.25) is 5.91 Å². The van der Waals surface area contributed by atoms with E-state index in [4.69, 9.17) is 15.2 Å². The van der Waals surface area contributed by atoms with Gasteiger partial charge in [-0.15, -0.1) is 0 Å². The molecule has 10 nitrogen and oxygen atoms in total. The molecule has 5 rings (SSSR count). The van der Waals surface area contributed by atoms with Gasteiger partial charge in [-0.2, -0.15) is 0 Å². The quantitative estimate of drug-likeness (QED) is 0.351. The zero-order valence-corrected chi connectivity index (χ0v) is 22.0. The van der Waals surface area contributed by atoms with Gasteiger partial charge in [0.1, 0.15) is 23.4 Å². The predicted molar refractivity (Wildman–Crippen MR) is 145 cm³/mol. The molecule has 198 valence electrons. The number of carbonyl (C=O) groups is 3. The van der Waals surface area contributed by atoms with Crippen LogP contribution >= 0.6 is 11.3 Å². The van der Waals surface area contributed by atoms with E-state index in [2.05, 4.69) is 11.6 Å². The number of benzene rings is 2. The first-order valence-corrected chi connectivity index (χ1v) is 12.7. The van der Waals surface area contributed by atoms with Gasteiger partial charge < -0.3 is 15.2 Å². The summed E-state index contributed by atoms with van der Waals surface area (Å²) in [5.74, 6) is -1.22. The van der Waals surface area contributed by atoms with Crippen molar-refractivity contribution in [2.24, 2.45) is 10.7 Å². The maximum absolute atomic E-state index is 14.1. The highest BCUT2D eigenvalue weighted by Crippen LogP contribution is 2.35. The molecular weight excluding hydrogens is 520 g/mol. The molecular formula is C28H24N4O6S. The lowest BCUT2D eigenvalue weighted by Gasteiger charge is -2.24. The number of amides is 2. The van der Waals surface area contributed by atoms with Crippen molar-refractivity contribution < 1.29 is 23.9 Å². The summed E-state index contributed by atoms with van der Waals surface area (Å²) in [6.45, 7) is 4.92. The Morgan fingerprint density at radius 2 is 1.87 bits per heavy atom. The fraction of sp³-hybridized carbons (Fsp3) is 0.179. The minimum absolute atomic E-state index is 0.0134. The summed E-state index contributed by atoms with van der Waals surface area (Å²) in [4.78, 5) is 58.7. The maximum Gasteiger partial charge on any atom is 0.338 e. The standard InChI is InChI=1S/C28H24N4O6S/c1-4-13-38-27(36)21-15(2)30-28-32(23(21)16-9-11-17(37-3)12-10-16)26(35)24(39-28)22-18-7-5-6-8-19(18)31(25(22)34)14-20(29)33/h4-12,23H,1,13-14H2,2-3H3,(H2,29,33)/b24-22+/t23-/m0/s1. The second-order valence-electron chi connectivity index (χ2n) is 8.81. The van der Waals surface area contributed by atoms with Crippen molar-refractivity contribution in [1.82, 2.24) is 4.57 Å². The molecule has 1 atom stereocenters. The Balaban J connectivity index is 1.78. The minimum Gasteiger partial charge on any atom is -0.497 e. The van der Waals surface area contributed by atoms with Crippen molar-refractivity contribution in [3.05, 3.63) is 103 Å². The Kier molecular flexibility index (Phi) is 6.75. The average Bonchev–Trinajstić information content (AvgIpc) is 3.38. The van der Waals surface area contributed by atoms with Crippen LogP contribution in [0.3, 0.4) is 0 Å². The van der Waals surface area contributed by atoms with E-state index in [1.807, 2.05) is 0 Å². The molecule has 2 aromatic carbocycles. The number of nitrogens with zero attached hydrogens (tertiary/aromatic N) is 3. The first kappa shape index (κ1) is 25.9. The Morgan fingerprint density at radius 1 is 1.15 bits per heavy atom. The molecule has 0 radical (unpaired) electrons. The van der Waals surface area contributed by atoms with E-state index >= 15 is 0 Å². The Labute approximate surface area is 226 Å². The Morgan fingerprint density at radius 3 is 2.54 bits per heavy atom. The minimum atomic E-state index is -0.868. The number of nitrogens with two attached hydrogens (primary N) is 1. The zero-order valence-electron chi connectivity index (χ0n) is 21.2. The summed E-state index contributed by atoms with van der Waals surface area (Å²) in [7, 11) is 1.54. The zero-order chi connectivity index (χ0) is 27.8. The van der Waals surface area contributed by atoms with Gasteiger partial charge in [0.25, 0.3) is 11.5 Å². The van der Waals surface area contributed by atoms with Crippen molar-refractivity contribution in [3.8, 4) is 5.75 Å². The van der Waals surface area contributed by atoms with Gasteiger partial charge in [0, 0.05) is 5.56 Å². The highest BCUT2D eigenvalue weighted by molar-refractivity contribution is 7.07. The van der Waals surface area contributed by atoms with Crippen molar-refractivity contribution in [1.29, 1.82) is 0 Å². The SMILES string of the molecule is C=CCOC(=O)C1=C(C)N=c2s/c(=C3/C(=O)N(CC(N)=O)c4ccccc43)c(=O)n2[C@H]1c1ccc(OC)cc1. The summed E-state index contributed by atoms with van der Waals surface area (Å²) in [6.07, 6.45) is 1.45. The maximum atomic E-state index is 14.1. The second kappa shape index (κ2) is 10.2. The lowest BCUT2D eigenvalue weighted by molar-refractivity contribution is -0.138. The molecule has 0 unspecified atom stereocenters. The first-order valence-electron chi connectivity index (χ1n) is 11.9. The van der Waals surface area contributed by atoms with E-state index in [-0.39, 0.29) is 28.8 Å². The number of aromatic nitrogens is 1. The number of para-hydroxylation sites is 1. The number of methoxy groups -OCH3 is 1.